The third-order valence-corrected chi connectivity index (χ3v) is 12.5. The number of aliphatic hydroxyl groups excluding tert-OH is 1. The minimum atomic E-state index is -1.32. The van der Waals surface area contributed by atoms with Crippen LogP contribution >= 0.6 is 0 Å². The van der Waals surface area contributed by atoms with Gasteiger partial charge in [0.2, 0.25) is 0 Å². The van der Waals surface area contributed by atoms with E-state index < -0.39 is 46.1 Å². The first kappa shape index (κ1) is 28.1. The molecule has 9 heteroatoms. The van der Waals surface area contributed by atoms with Gasteiger partial charge in [0.25, 0.3) is 0 Å². The van der Waals surface area contributed by atoms with Crippen molar-refractivity contribution in [3.05, 3.63) is 11.6 Å². The molecular formula is C30H46O9. The van der Waals surface area contributed by atoms with Crippen LogP contribution in [-0.2, 0) is 23.7 Å². The predicted octanol–water partition coefficient (Wildman–Crippen LogP) is 2.37. The third kappa shape index (κ3) is 3.80. The van der Waals surface area contributed by atoms with E-state index in [4.69, 9.17) is 18.9 Å². The number of hydrogen-bond acceptors (Lipinski definition) is 9. The Bertz CT molecular complexity index is 1030. The van der Waals surface area contributed by atoms with Crippen molar-refractivity contribution in [2.45, 2.75) is 132 Å². The number of fused-ring (bicyclic) bond motifs is 5. The van der Waals surface area contributed by atoms with E-state index in [1.54, 1.807) is 13.2 Å². The summed E-state index contributed by atoms with van der Waals surface area (Å²) in [5.41, 5.74) is -3.88. The number of cyclic esters (lactones) is 1. The summed E-state index contributed by atoms with van der Waals surface area (Å²) in [6, 6.07) is 0. The monoisotopic (exact) mass is 550 g/mol. The summed E-state index contributed by atoms with van der Waals surface area (Å²) in [5, 5.41) is 47.4. The maximum Gasteiger partial charge on any atom is 0.331 e. The topological polar surface area (TPSA) is 135 Å². The average molecular weight is 551 g/mol. The highest BCUT2D eigenvalue weighted by Crippen LogP contribution is 2.72. The molecular weight excluding hydrogens is 504 g/mol. The summed E-state index contributed by atoms with van der Waals surface area (Å²) in [6.07, 6.45) is 4.91. The van der Waals surface area contributed by atoms with Gasteiger partial charge in [-0.3, -0.25) is 0 Å². The standard InChI is InChI=1S/C30H46O9/c1-17-25(32)21(36-4)14-24(38-17)39-19-5-8-27(3)22-7-9-26(2)20(18-13-23(31)37-16-18)6-10-30(26,35)29(22,34)12-11-28(27,33)15-19/h13,17,19-22,24-25,32-35H,5-12,14-16H2,1-4H3/t17-,19+,20-,21+,22-,24+,25-,26-,27-,28+,29+,30-/m1/s1. The van der Waals surface area contributed by atoms with Crippen LogP contribution in [0, 0.1) is 22.7 Å². The zero-order chi connectivity index (χ0) is 28.0. The smallest absolute Gasteiger partial charge is 0.331 e. The lowest BCUT2D eigenvalue weighted by Crippen LogP contribution is -2.76. The summed E-state index contributed by atoms with van der Waals surface area (Å²) >= 11 is 0. The molecule has 0 bridgehead atoms. The van der Waals surface area contributed by atoms with Crippen molar-refractivity contribution in [2.75, 3.05) is 13.7 Å². The Morgan fingerprint density at radius 2 is 1.74 bits per heavy atom. The van der Waals surface area contributed by atoms with Crippen molar-refractivity contribution in [2.24, 2.45) is 22.7 Å². The molecule has 220 valence electrons. The van der Waals surface area contributed by atoms with Crippen molar-refractivity contribution in [3.63, 3.8) is 0 Å². The van der Waals surface area contributed by atoms with E-state index in [0.717, 1.165) is 5.57 Å². The molecule has 0 aromatic heterocycles. The molecule has 4 N–H and O–H groups in total. The Morgan fingerprint density at radius 1 is 1.00 bits per heavy atom. The number of carbonyl (C=O) groups excluding carboxylic acids is 1. The maximum atomic E-state index is 12.5. The quantitative estimate of drug-likeness (QED) is 0.307. The van der Waals surface area contributed by atoms with Crippen LogP contribution in [0.15, 0.2) is 11.6 Å². The summed E-state index contributed by atoms with van der Waals surface area (Å²) in [5.74, 6) is -0.590. The predicted molar refractivity (Wildman–Crippen MR) is 139 cm³/mol. The van der Waals surface area contributed by atoms with Crippen LogP contribution in [0.3, 0.4) is 0 Å². The summed E-state index contributed by atoms with van der Waals surface area (Å²) < 4.78 is 22.9. The van der Waals surface area contributed by atoms with Gasteiger partial charge in [-0.25, -0.2) is 4.79 Å². The number of aliphatic hydroxyl groups is 4. The fraction of sp³-hybridized carbons (Fsp3) is 0.900. The molecule has 4 saturated carbocycles. The lowest BCUT2D eigenvalue weighted by atomic mass is 9.40. The van der Waals surface area contributed by atoms with Crippen LogP contribution in [0.25, 0.3) is 0 Å². The number of hydrogen-bond donors (Lipinski definition) is 4. The molecule has 0 spiro atoms. The molecule has 12 atom stereocenters. The highest BCUT2D eigenvalue weighted by molar-refractivity contribution is 5.85. The minimum absolute atomic E-state index is 0.0102. The molecule has 6 rings (SSSR count). The second-order valence-electron chi connectivity index (χ2n) is 13.9. The first-order valence-corrected chi connectivity index (χ1v) is 14.9. The summed E-state index contributed by atoms with van der Waals surface area (Å²) in [4.78, 5) is 11.8. The largest absolute Gasteiger partial charge is 0.458 e. The fourth-order valence-corrected chi connectivity index (χ4v) is 10.1. The Hall–Kier alpha value is -1.07. The van der Waals surface area contributed by atoms with Gasteiger partial charge in [-0.2, -0.15) is 0 Å². The van der Waals surface area contributed by atoms with Crippen molar-refractivity contribution in [1.29, 1.82) is 0 Å². The Morgan fingerprint density at radius 3 is 2.44 bits per heavy atom. The van der Waals surface area contributed by atoms with Gasteiger partial charge >= 0.3 is 5.97 Å². The van der Waals surface area contributed by atoms with E-state index in [9.17, 15) is 25.2 Å². The molecule has 0 radical (unpaired) electrons. The molecule has 0 unspecified atom stereocenters. The van der Waals surface area contributed by atoms with Crippen molar-refractivity contribution >= 4 is 5.97 Å². The number of esters is 1. The second-order valence-corrected chi connectivity index (χ2v) is 13.9. The van der Waals surface area contributed by atoms with Crippen LogP contribution in [0.2, 0.25) is 0 Å². The molecule has 0 aromatic rings. The highest BCUT2D eigenvalue weighted by Gasteiger charge is 2.76. The average Bonchev–Trinajstić information content (AvgIpc) is 3.43. The lowest BCUT2D eigenvalue weighted by Gasteiger charge is -2.69. The van der Waals surface area contributed by atoms with Crippen molar-refractivity contribution in [1.82, 2.24) is 0 Å². The molecule has 0 amide bonds. The normalized spacial score (nSPS) is 55.3. The zero-order valence-corrected chi connectivity index (χ0v) is 23.7. The van der Waals surface area contributed by atoms with Gasteiger partial charge in [-0.15, -0.1) is 0 Å². The summed E-state index contributed by atoms with van der Waals surface area (Å²) in [7, 11) is 1.58. The van der Waals surface area contributed by atoms with E-state index in [1.807, 2.05) is 6.92 Å². The van der Waals surface area contributed by atoms with E-state index in [1.165, 1.54) is 0 Å². The summed E-state index contributed by atoms with van der Waals surface area (Å²) in [6.45, 7) is 6.25. The number of methoxy groups -OCH3 is 1. The molecule has 5 fully saturated rings. The zero-order valence-electron chi connectivity index (χ0n) is 23.7. The van der Waals surface area contributed by atoms with E-state index >= 15 is 0 Å². The van der Waals surface area contributed by atoms with Crippen LogP contribution in [-0.4, -0.2) is 87.6 Å². The van der Waals surface area contributed by atoms with Gasteiger partial charge in [0.15, 0.2) is 6.29 Å². The van der Waals surface area contributed by atoms with Gasteiger partial charge in [-0.1, -0.05) is 13.8 Å². The van der Waals surface area contributed by atoms with Crippen LogP contribution in [0.4, 0.5) is 0 Å². The number of rotatable bonds is 4. The molecule has 39 heavy (non-hydrogen) atoms. The third-order valence-electron chi connectivity index (χ3n) is 12.5. The van der Waals surface area contributed by atoms with Crippen LogP contribution < -0.4 is 0 Å². The molecule has 0 aromatic carbocycles. The van der Waals surface area contributed by atoms with E-state index in [0.29, 0.717) is 64.2 Å². The highest BCUT2D eigenvalue weighted by atomic mass is 16.7. The lowest BCUT2D eigenvalue weighted by molar-refractivity contribution is -0.330. The van der Waals surface area contributed by atoms with Gasteiger partial charge in [0.1, 0.15) is 12.7 Å². The second kappa shape index (κ2) is 9.21. The maximum absolute atomic E-state index is 12.5. The van der Waals surface area contributed by atoms with E-state index in [2.05, 4.69) is 13.8 Å². The molecule has 4 aliphatic carbocycles. The molecule has 9 nitrogen and oxygen atoms in total. The first-order chi connectivity index (χ1) is 18.3. The minimum Gasteiger partial charge on any atom is -0.458 e. The van der Waals surface area contributed by atoms with Crippen molar-refractivity contribution < 1.29 is 44.2 Å². The number of carbonyl (C=O) groups is 1. The van der Waals surface area contributed by atoms with Gasteiger partial charge in [-0.05, 0) is 75.7 Å². The van der Waals surface area contributed by atoms with Gasteiger partial charge in [0, 0.05) is 36.9 Å². The fourth-order valence-electron chi connectivity index (χ4n) is 10.1. The van der Waals surface area contributed by atoms with Crippen molar-refractivity contribution in [3.8, 4) is 0 Å². The van der Waals surface area contributed by atoms with Gasteiger partial charge < -0.3 is 39.4 Å². The van der Waals surface area contributed by atoms with E-state index in [-0.39, 0.29) is 36.6 Å². The molecule has 2 heterocycles. The Labute approximate surface area is 230 Å². The van der Waals surface area contributed by atoms with Gasteiger partial charge in [0.05, 0.1) is 35.1 Å². The molecule has 6 aliphatic rings. The SMILES string of the molecule is CO[C@H]1C[C@H](O[C@H]2CC[C@]3(C)[C@H]4CC[C@]5(C)[C@@H](C6=CC(=O)OC6)CC[C@]5(O)[C@]4(O)CC[C@]3(O)C2)O[C@H](C)[C@H]1O. The molecule has 1 saturated heterocycles. The molecule has 2 aliphatic heterocycles. The van der Waals surface area contributed by atoms with Crippen LogP contribution in [0.1, 0.15) is 85.0 Å². The Kier molecular flexibility index (Phi) is 6.63. The first-order valence-electron chi connectivity index (χ1n) is 14.9. The number of ether oxygens (including phenoxy) is 4. The Balaban J connectivity index is 1.21. The van der Waals surface area contributed by atoms with Crippen LogP contribution in [0.5, 0.6) is 0 Å².